The Kier molecular flexibility index (Phi) is 5.35. The summed E-state index contributed by atoms with van der Waals surface area (Å²) in [6.07, 6.45) is -1.12. The highest BCUT2D eigenvalue weighted by Gasteiger charge is 2.17. The van der Waals surface area contributed by atoms with Crippen LogP contribution in [0.25, 0.3) is 0 Å². The molecule has 1 atom stereocenters. The first-order valence-electron chi connectivity index (χ1n) is 6.14. The van der Waals surface area contributed by atoms with Gasteiger partial charge in [-0.05, 0) is 33.6 Å². The van der Waals surface area contributed by atoms with Crippen molar-refractivity contribution in [2.45, 2.75) is 6.04 Å². The van der Waals surface area contributed by atoms with Gasteiger partial charge in [-0.2, -0.15) is 0 Å². The van der Waals surface area contributed by atoms with Crippen LogP contribution in [0, 0.1) is 0 Å². The molecular weight excluding hydrogens is 356 g/mol. The van der Waals surface area contributed by atoms with Crippen LogP contribution in [0.2, 0.25) is 0 Å². The molecule has 0 aliphatic heterocycles. The van der Waals surface area contributed by atoms with E-state index in [4.69, 9.17) is 5.11 Å². The number of carbonyl (C=O) groups is 2. The van der Waals surface area contributed by atoms with Gasteiger partial charge in [-0.15, -0.1) is 11.3 Å². The van der Waals surface area contributed by atoms with Crippen molar-refractivity contribution < 1.29 is 14.7 Å². The summed E-state index contributed by atoms with van der Waals surface area (Å²) in [4.78, 5) is 23.4. The number of rotatable bonds is 5. The molecule has 0 aliphatic rings. The lowest BCUT2D eigenvalue weighted by atomic mass is 10.1. The average Bonchev–Trinajstić information content (AvgIpc) is 2.90. The molecule has 0 fully saturated rings. The first-order valence-corrected chi connectivity index (χ1v) is 7.75. The molecule has 5 nitrogen and oxygen atoms in total. The van der Waals surface area contributed by atoms with Gasteiger partial charge in [0.25, 0.3) is 5.91 Å². The molecule has 7 heteroatoms. The first-order chi connectivity index (χ1) is 10.1. The van der Waals surface area contributed by atoms with Gasteiger partial charge in [0.05, 0.1) is 14.7 Å². The summed E-state index contributed by atoms with van der Waals surface area (Å²) in [5.74, 6) is -0.230. The topological polar surface area (TPSA) is 78.4 Å². The van der Waals surface area contributed by atoms with Crippen LogP contribution in [0.1, 0.15) is 21.3 Å². The van der Waals surface area contributed by atoms with Gasteiger partial charge in [-0.25, -0.2) is 4.79 Å². The molecule has 1 aromatic heterocycles. The van der Waals surface area contributed by atoms with E-state index in [1.807, 2.05) is 30.3 Å². The number of amides is 2. The second-order valence-corrected chi connectivity index (χ2v) is 6.69. The lowest BCUT2D eigenvalue weighted by molar-refractivity contribution is 0.0939. The van der Waals surface area contributed by atoms with E-state index in [-0.39, 0.29) is 12.5 Å². The Balaban J connectivity index is 2.12. The van der Waals surface area contributed by atoms with Crippen LogP contribution in [-0.2, 0) is 0 Å². The average molecular weight is 369 g/mol. The van der Waals surface area contributed by atoms with E-state index in [0.29, 0.717) is 4.88 Å². The summed E-state index contributed by atoms with van der Waals surface area (Å²) in [5, 5.41) is 13.9. The number of halogens is 1. The van der Waals surface area contributed by atoms with Gasteiger partial charge >= 0.3 is 6.09 Å². The molecule has 0 radical (unpaired) electrons. The summed E-state index contributed by atoms with van der Waals surface area (Å²) in [6, 6.07) is 12.3. The summed E-state index contributed by atoms with van der Waals surface area (Å²) in [7, 11) is 0. The number of carbonyl (C=O) groups excluding carboxylic acids is 1. The van der Waals surface area contributed by atoms with Crippen molar-refractivity contribution in [1.82, 2.24) is 10.6 Å². The largest absolute Gasteiger partial charge is 0.465 e. The molecule has 0 saturated carbocycles. The zero-order valence-corrected chi connectivity index (χ0v) is 13.3. The minimum absolute atomic E-state index is 0.109. The predicted octanol–water partition coefficient (Wildman–Crippen LogP) is 3.25. The molecule has 0 bridgehead atoms. The normalized spacial score (nSPS) is 11.7. The van der Waals surface area contributed by atoms with Gasteiger partial charge in [-0.3, -0.25) is 4.79 Å². The van der Waals surface area contributed by atoms with Crippen LogP contribution in [0.15, 0.2) is 46.3 Å². The van der Waals surface area contributed by atoms with E-state index in [2.05, 4.69) is 26.6 Å². The minimum atomic E-state index is -1.12. The van der Waals surface area contributed by atoms with Gasteiger partial charge in [0, 0.05) is 6.54 Å². The Bertz CT molecular complexity index is 630. The molecule has 1 aromatic carbocycles. The van der Waals surface area contributed by atoms with Crippen molar-refractivity contribution in [2.75, 3.05) is 6.54 Å². The summed E-state index contributed by atoms with van der Waals surface area (Å²) >= 11 is 4.64. The van der Waals surface area contributed by atoms with E-state index in [9.17, 15) is 9.59 Å². The SMILES string of the molecule is O=C(O)NCC(NC(=O)c1ccc(Br)s1)c1ccccc1. The minimum Gasteiger partial charge on any atom is -0.465 e. The number of thiophene rings is 1. The first kappa shape index (κ1) is 15.5. The maximum absolute atomic E-state index is 12.2. The fourth-order valence-corrected chi connectivity index (χ4v) is 3.08. The van der Waals surface area contributed by atoms with Crippen molar-refractivity contribution in [2.24, 2.45) is 0 Å². The fraction of sp³-hybridized carbons (Fsp3) is 0.143. The Morgan fingerprint density at radius 2 is 1.90 bits per heavy atom. The lowest BCUT2D eigenvalue weighted by Gasteiger charge is -2.18. The number of benzene rings is 1. The number of hydrogen-bond donors (Lipinski definition) is 3. The second-order valence-electron chi connectivity index (χ2n) is 4.23. The smallest absolute Gasteiger partial charge is 0.404 e. The molecule has 1 heterocycles. The maximum atomic E-state index is 12.2. The van der Waals surface area contributed by atoms with Gasteiger partial charge in [0.2, 0.25) is 0 Å². The highest BCUT2D eigenvalue weighted by molar-refractivity contribution is 9.11. The fourth-order valence-electron chi connectivity index (χ4n) is 1.79. The highest BCUT2D eigenvalue weighted by atomic mass is 79.9. The molecule has 1 unspecified atom stereocenters. The third-order valence-corrected chi connectivity index (χ3v) is 4.38. The Morgan fingerprint density at radius 1 is 1.19 bits per heavy atom. The number of hydrogen-bond acceptors (Lipinski definition) is 3. The van der Waals surface area contributed by atoms with E-state index in [0.717, 1.165) is 9.35 Å². The third-order valence-electron chi connectivity index (χ3n) is 2.76. The van der Waals surface area contributed by atoms with Crippen molar-refractivity contribution in [1.29, 1.82) is 0 Å². The Labute approximate surface area is 134 Å². The van der Waals surface area contributed by atoms with Gasteiger partial charge in [-0.1, -0.05) is 30.3 Å². The van der Waals surface area contributed by atoms with Crippen LogP contribution in [0.5, 0.6) is 0 Å². The van der Waals surface area contributed by atoms with Crippen molar-refractivity contribution >= 4 is 39.3 Å². The Morgan fingerprint density at radius 3 is 2.48 bits per heavy atom. The maximum Gasteiger partial charge on any atom is 0.404 e. The van der Waals surface area contributed by atoms with E-state index in [1.54, 1.807) is 12.1 Å². The molecule has 110 valence electrons. The zero-order chi connectivity index (χ0) is 15.2. The van der Waals surface area contributed by atoms with Crippen LogP contribution >= 0.6 is 27.3 Å². The molecule has 2 aromatic rings. The van der Waals surface area contributed by atoms with E-state index < -0.39 is 12.1 Å². The second kappa shape index (κ2) is 7.24. The Hall–Kier alpha value is -1.86. The van der Waals surface area contributed by atoms with Crippen LogP contribution < -0.4 is 10.6 Å². The summed E-state index contributed by atoms with van der Waals surface area (Å²) in [6.45, 7) is 0.109. The molecular formula is C14H13BrN2O3S. The van der Waals surface area contributed by atoms with E-state index >= 15 is 0 Å². The molecule has 2 rings (SSSR count). The lowest BCUT2D eigenvalue weighted by Crippen LogP contribution is -2.37. The van der Waals surface area contributed by atoms with Crippen LogP contribution in [0.4, 0.5) is 4.79 Å². The van der Waals surface area contributed by atoms with Gasteiger partial charge in [0.1, 0.15) is 0 Å². The molecule has 0 aliphatic carbocycles. The van der Waals surface area contributed by atoms with Crippen LogP contribution in [-0.4, -0.2) is 23.7 Å². The number of carboxylic acid groups (broad SMARTS) is 1. The van der Waals surface area contributed by atoms with Gasteiger partial charge in [0.15, 0.2) is 0 Å². The highest BCUT2D eigenvalue weighted by Crippen LogP contribution is 2.23. The zero-order valence-electron chi connectivity index (χ0n) is 10.9. The van der Waals surface area contributed by atoms with Crippen LogP contribution in [0.3, 0.4) is 0 Å². The van der Waals surface area contributed by atoms with Crippen molar-refractivity contribution in [3.8, 4) is 0 Å². The monoisotopic (exact) mass is 368 g/mol. The standard InChI is InChI=1S/C14H13BrN2O3S/c15-12-7-6-11(21-12)13(18)17-10(8-16-14(19)20)9-4-2-1-3-5-9/h1-7,10,16H,8H2,(H,17,18)(H,19,20). The van der Waals surface area contributed by atoms with Gasteiger partial charge < -0.3 is 15.7 Å². The van der Waals surface area contributed by atoms with Crippen molar-refractivity contribution in [3.05, 3.63) is 56.7 Å². The molecule has 21 heavy (non-hydrogen) atoms. The number of nitrogens with one attached hydrogen (secondary N) is 2. The van der Waals surface area contributed by atoms with Crippen molar-refractivity contribution in [3.63, 3.8) is 0 Å². The third kappa shape index (κ3) is 4.57. The summed E-state index contributed by atoms with van der Waals surface area (Å²) < 4.78 is 0.868. The molecule has 3 N–H and O–H groups in total. The molecule has 0 spiro atoms. The quantitative estimate of drug-likeness (QED) is 0.757. The summed E-state index contributed by atoms with van der Waals surface area (Å²) in [5.41, 5.74) is 0.843. The molecule has 0 saturated heterocycles. The molecule has 2 amide bonds. The predicted molar refractivity (Wildman–Crippen MR) is 84.7 cm³/mol. The van der Waals surface area contributed by atoms with E-state index in [1.165, 1.54) is 11.3 Å².